The second kappa shape index (κ2) is 11.2. The molecule has 33 heavy (non-hydrogen) atoms. The zero-order valence-electron chi connectivity index (χ0n) is 19.2. The number of nitrogens with one attached hydrogen (secondary N) is 1. The Morgan fingerprint density at radius 2 is 2.06 bits per heavy atom. The molecule has 2 heterocycles. The minimum atomic E-state index is -0.299. The van der Waals surface area contributed by atoms with E-state index in [1.54, 1.807) is 16.4 Å². The van der Waals surface area contributed by atoms with Crippen molar-refractivity contribution in [2.24, 2.45) is 5.92 Å². The van der Waals surface area contributed by atoms with Crippen LogP contribution in [0.1, 0.15) is 63.0 Å². The highest BCUT2D eigenvalue weighted by molar-refractivity contribution is 7.99. The number of benzene rings is 1. The molecule has 1 fully saturated rings. The lowest BCUT2D eigenvalue weighted by Gasteiger charge is -2.21. The summed E-state index contributed by atoms with van der Waals surface area (Å²) < 4.78 is 3.81. The van der Waals surface area contributed by atoms with Gasteiger partial charge >= 0.3 is 0 Å². The van der Waals surface area contributed by atoms with Crippen LogP contribution in [0.3, 0.4) is 0 Å². The number of hydrogen-bond acceptors (Lipinski definition) is 5. The van der Waals surface area contributed by atoms with Gasteiger partial charge in [0.2, 0.25) is 5.91 Å². The van der Waals surface area contributed by atoms with Gasteiger partial charge in [0.15, 0.2) is 11.0 Å². The van der Waals surface area contributed by atoms with Crippen LogP contribution in [-0.4, -0.2) is 36.2 Å². The first-order chi connectivity index (χ1) is 16.0. The first-order valence-electron chi connectivity index (χ1n) is 11.6. The van der Waals surface area contributed by atoms with Gasteiger partial charge in [-0.15, -0.1) is 10.2 Å². The van der Waals surface area contributed by atoms with Crippen LogP contribution in [-0.2, 0) is 11.3 Å². The molecule has 3 aromatic rings. The lowest BCUT2D eigenvalue weighted by atomic mass is 9.91. The van der Waals surface area contributed by atoms with Crippen molar-refractivity contribution in [3.63, 3.8) is 0 Å². The van der Waals surface area contributed by atoms with Crippen molar-refractivity contribution in [2.75, 3.05) is 5.75 Å². The molecule has 1 atom stereocenters. The fraction of sp³-hybridized carbons (Fsp3) is 0.500. The SMILES string of the molecule is Cc1ccn(CCC(=O)N[C@@H](C)c2nnc(SCC3CCCCC3)n2-c2cccc(Cl)c2)n1. The van der Waals surface area contributed by atoms with Crippen LogP contribution >= 0.6 is 23.4 Å². The van der Waals surface area contributed by atoms with Gasteiger partial charge in [0.1, 0.15) is 0 Å². The maximum atomic E-state index is 12.6. The summed E-state index contributed by atoms with van der Waals surface area (Å²) in [5, 5.41) is 17.9. The van der Waals surface area contributed by atoms with Gasteiger partial charge in [-0.05, 0) is 56.9 Å². The Labute approximate surface area is 204 Å². The van der Waals surface area contributed by atoms with Crippen molar-refractivity contribution >= 4 is 29.3 Å². The lowest BCUT2D eigenvalue weighted by Crippen LogP contribution is -2.29. The van der Waals surface area contributed by atoms with E-state index in [1.165, 1.54) is 32.1 Å². The number of thioether (sulfide) groups is 1. The molecule has 4 rings (SSSR count). The Bertz CT molecular complexity index is 1070. The molecular weight excluding hydrogens is 456 g/mol. The van der Waals surface area contributed by atoms with Crippen molar-refractivity contribution in [2.45, 2.75) is 70.1 Å². The third kappa shape index (κ3) is 6.38. The summed E-state index contributed by atoms with van der Waals surface area (Å²) in [7, 11) is 0. The normalized spacial score (nSPS) is 15.5. The highest BCUT2D eigenvalue weighted by Crippen LogP contribution is 2.32. The average Bonchev–Trinajstić information content (AvgIpc) is 3.43. The lowest BCUT2D eigenvalue weighted by molar-refractivity contribution is -0.122. The summed E-state index contributed by atoms with van der Waals surface area (Å²) in [4.78, 5) is 12.6. The van der Waals surface area contributed by atoms with E-state index in [0.29, 0.717) is 23.8 Å². The van der Waals surface area contributed by atoms with Gasteiger partial charge in [-0.25, -0.2) is 0 Å². The molecule has 1 aliphatic rings. The first-order valence-corrected chi connectivity index (χ1v) is 13.0. The van der Waals surface area contributed by atoms with Gasteiger partial charge in [-0.1, -0.05) is 48.7 Å². The van der Waals surface area contributed by atoms with Crippen LogP contribution in [0.15, 0.2) is 41.7 Å². The van der Waals surface area contributed by atoms with Gasteiger partial charge in [-0.2, -0.15) is 5.10 Å². The number of hydrogen-bond donors (Lipinski definition) is 1. The van der Waals surface area contributed by atoms with Gasteiger partial charge in [0, 0.05) is 29.9 Å². The summed E-state index contributed by atoms with van der Waals surface area (Å²) in [5.74, 6) is 2.40. The molecule has 176 valence electrons. The molecule has 0 unspecified atom stereocenters. The van der Waals surface area contributed by atoms with E-state index < -0.39 is 0 Å². The maximum Gasteiger partial charge on any atom is 0.222 e. The van der Waals surface area contributed by atoms with E-state index in [0.717, 1.165) is 28.2 Å². The van der Waals surface area contributed by atoms with Gasteiger partial charge in [-0.3, -0.25) is 14.0 Å². The smallest absolute Gasteiger partial charge is 0.222 e. The Hall–Kier alpha value is -2.32. The molecule has 0 saturated heterocycles. The number of aromatic nitrogens is 5. The molecule has 1 aliphatic carbocycles. The molecule has 0 radical (unpaired) electrons. The predicted octanol–water partition coefficient (Wildman–Crippen LogP) is 5.37. The van der Waals surface area contributed by atoms with Crippen molar-refractivity contribution in [3.8, 4) is 5.69 Å². The fourth-order valence-electron chi connectivity index (χ4n) is 4.24. The summed E-state index contributed by atoms with van der Waals surface area (Å²) in [6, 6.07) is 9.32. The summed E-state index contributed by atoms with van der Waals surface area (Å²) in [5.41, 5.74) is 1.85. The quantitative estimate of drug-likeness (QED) is 0.411. The van der Waals surface area contributed by atoms with E-state index in [2.05, 4.69) is 20.6 Å². The standard InChI is InChI=1S/C24H31ClN6OS/c1-17-11-13-30(29-17)14-12-22(32)26-18(2)23-27-28-24(33-16-19-7-4-3-5-8-19)31(23)21-10-6-9-20(25)15-21/h6,9-11,13,15,18-19H,3-5,7-8,12,14,16H2,1-2H3,(H,26,32)/t18-/m0/s1. The van der Waals surface area contributed by atoms with Crippen molar-refractivity contribution < 1.29 is 4.79 Å². The van der Waals surface area contributed by atoms with E-state index >= 15 is 0 Å². The second-order valence-corrected chi connectivity index (χ2v) is 10.2. The molecule has 1 saturated carbocycles. The summed E-state index contributed by atoms with van der Waals surface area (Å²) in [6.45, 7) is 4.41. The average molecular weight is 487 g/mol. The number of rotatable bonds is 9. The maximum absolute atomic E-state index is 12.6. The largest absolute Gasteiger partial charge is 0.346 e. The number of nitrogens with zero attached hydrogens (tertiary/aromatic N) is 5. The summed E-state index contributed by atoms with van der Waals surface area (Å²) in [6.07, 6.45) is 8.79. The second-order valence-electron chi connectivity index (χ2n) is 8.73. The topological polar surface area (TPSA) is 77.6 Å². The molecule has 0 aliphatic heterocycles. The molecule has 0 spiro atoms. The Morgan fingerprint density at radius 1 is 1.24 bits per heavy atom. The molecular formula is C24H31ClN6OS. The Morgan fingerprint density at radius 3 is 2.79 bits per heavy atom. The molecule has 2 aromatic heterocycles. The van der Waals surface area contributed by atoms with E-state index in [-0.39, 0.29) is 11.9 Å². The summed E-state index contributed by atoms with van der Waals surface area (Å²) >= 11 is 8.03. The number of amides is 1. The van der Waals surface area contributed by atoms with Crippen LogP contribution in [0.2, 0.25) is 5.02 Å². The zero-order chi connectivity index (χ0) is 23.2. The van der Waals surface area contributed by atoms with Crippen LogP contribution in [0, 0.1) is 12.8 Å². The molecule has 9 heteroatoms. The Balaban J connectivity index is 1.48. The third-order valence-electron chi connectivity index (χ3n) is 6.00. The number of aryl methyl sites for hydroxylation is 2. The molecule has 7 nitrogen and oxygen atoms in total. The van der Waals surface area contributed by atoms with Crippen molar-refractivity contribution in [3.05, 3.63) is 53.1 Å². The first kappa shape index (κ1) is 23.8. The van der Waals surface area contributed by atoms with Gasteiger partial charge < -0.3 is 5.32 Å². The fourth-order valence-corrected chi connectivity index (χ4v) is 5.57. The monoisotopic (exact) mass is 486 g/mol. The minimum absolute atomic E-state index is 0.0484. The van der Waals surface area contributed by atoms with E-state index in [9.17, 15) is 4.79 Å². The van der Waals surface area contributed by atoms with Crippen molar-refractivity contribution in [1.82, 2.24) is 29.9 Å². The van der Waals surface area contributed by atoms with E-state index in [4.69, 9.17) is 11.6 Å². The molecule has 0 bridgehead atoms. The van der Waals surface area contributed by atoms with Crippen molar-refractivity contribution in [1.29, 1.82) is 0 Å². The number of carbonyl (C=O) groups is 1. The number of carbonyl (C=O) groups excluding carboxylic acids is 1. The molecule has 1 amide bonds. The highest BCUT2D eigenvalue weighted by atomic mass is 35.5. The third-order valence-corrected chi connectivity index (χ3v) is 7.40. The molecule has 1 N–H and O–H groups in total. The zero-order valence-corrected chi connectivity index (χ0v) is 20.8. The van der Waals surface area contributed by atoms with Gasteiger partial charge in [0.25, 0.3) is 0 Å². The molecule has 1 aromatic carbocycles. The highest BCUT2D eigenvalue weighted by Gasteiger charge is 2.22. The number of halogens is 1. The van der Waals surface area contributed by atoms with Crippen LogP contribution in [0.4, 0.5) is 0 Å². The Kier molecular flexibility index (Phi) is 8.09. The van der Waals surface area contributed by atoms with Crippen LogP contribution < -0.4 is 5.32 Å². The van der Waals surface area contributed by atoms with Crippen LogP contribution in [0.5, 0.6) is 0 Å². The van der Waals surface area contributed by atoms with E-state index in [1.807, 2.05) is 54.9 Å². The minimum Gasteiger partial charge on any atom is -0.346 e. The predicted molar refractivity (Wildman–Crippen MR) is 132 cm³/mol. The van der Waals surface area contributed by atoms with Crippen LogP contribution in [0.25, 0.3) is 5.69 Å². The van der Waals surface area contributed by atoms with Gasteiger partial charge in [0.05, 0.1) is 17.4 Å².